The van der Waals surface area contributed by atoms with Gasteiger partial charge in [-0.3, -0.25) is 4.90 Å². The maximum Gasteiger partial charge on any atom is 0.244 e. The molecule has 0 saturated carbocycles. The fraction of sp³-hybridized carbons (Fsp3) is 0.684. The number of fused-ring (bicyclic) bond motifs is 2. The smallest absolute Gasteiger partial charge is 0.244 e. The standard InChI is InChI=1S/C19H29N3O5S/c1-4-22-8-5-6-13(22)10-20-28(23,24)19-14-7-9-21(2)11-15(14)16(25-3)17-18(19)27-12-26-17/h13,20H,4-12H2,1-3H3/t13-/m1/s1. The van der Waals surface area contributed by atoms with Gasteiger partial charge < -0.3 is 19.1 Å². The van der Waals surface area contributed by atoms with Gasteiger partial charge in [0.2, 0.25) is 22.6 Å². The zero-order chi connectivity index (χ0) is 19.9. The summed E-state index contributed by atoms with van der Waals surface area (Å²) in [6.45, 7) is 5.88. The van der Waals surface area contributed by atoms with E-state index in [4.69, 9.17) is 14.2 Å². The Kier molecular flexibility index (Phi) is 5.43. The molecule has 3 heterocycles. The first-order chi connectivity index (χ1) is 13.5. The van der Waals surface area contributed by atoms with Gasteiger partial charge in [-0.05, 0) is 45.0 Å². The van der Waals surface area contributed by atoms with Gasteiger partial charge in [0.1, 0.15) is 4.90 Å². The van der Waals surface area contributed by atoms with E-state index in [1.807, 2.05) is 7.05 Å². The van der Waals surface area contributed by atoms with Crippen LogP contribution in [0.1, 0.15) is 30.9 Å². The second kappa shape index (κ2) is 7.70. The monoisotopic (exact) mass is 411 g/mol. The molecule has 3 aliphatic heterocycles. The molecule has 1 fully saturated rings. The zero-order valence-corrected chi connectivity index (χ0v) is 17.6. The summed E-state index contributed by atoms with van der Waals surface area (Å²) in [6.07, 6.45) is 2.75. The molecule has 1 N–H and O–H groups in total. The molecule has 0 amide bonds. The molecule has 0 unspecified atom stereocenters. The van der Waals surface area contributed by atoms with Gasteiger partial charge in [0, 0.05) is 31.2 Å². The Hall–Kier alpha value is -1.55. The third-order valence-corrected chi connectivity index (χ3v) is 7.51. The average Bonchev–Trinajstić information content (AvgIpc) is 3.33. The molecule has 1 aromatic carbocycles. The molecule has 3 aliphatic rings. The van der Waals surface area contributed by atoms with Crippen molar-refractivity contribution >= 4 is 10.0 Å². The van der Waals surface area contributed by atoms with Crippen molar-refractivity contribution in [2.24, 2.45) is 0 Å². The van der Waals surface area contributed by atoms with Crippen molar-refractivity contribution in [1.82, 2.24) is 14.5 Å². The van der Waals surface area contributed by atoms with Crippen molar-refractivity contribution in [2.45, 2.75) is 43.7 Å². The maximum atomic E-state index is 13.4. The summed E-state index contributed by atoms with van der Waals surface area (Å²) < 4.78 is 46.4. The lowest BCUT2D eigenvalue weighted by Gasteiger charge is -2.29. The molecular weight excluding hydrogens is 382 g/mol. The number of nitrogens with one attached hydrogen (secondary N) is 1. The first-order valence-electron chi connectivity index (χ1n) is 9.89. The van der Waals surface area contributed by atoms with Gasteiger partial charge >= 0.3 is 0 Å². The van der Waals surface area contributed by atoms with Gasteiger partial charge in [0.05, 0.1) is 7.11 Å². The number of nitrogens with zero attached hydrogens (tertiary/aromatic N) is 2. The molecule has 28 heavy (non-hydrogen) atoms. The van der Waals surface area contributed by atoms with E-state index < -0.39 is 10.0 Å². The van der Waals surface area contributed by atoms with E-state index in [0.29, 0.717) is 31.0 Å². The molecule has 1 saturated heterocycles. The Morgan fingerprint density at radius 1 is 1.21 bits per heavy atom. The Balaban J connectivity index is 1.72. The number of rotatable bonds is 6. The Bertz CT molecular complexity index is 858. The molecule has 4 rings (SSSR count). The third kappa shape index (κ3) is 3.34. The van der Waals surface area contributed by atoms with Gasteiger partial charge in [0.15, 0.2) is 11.5 Å². The van der Waals surface area contributed by atoms with Crippen LogP contribution in [0.15, 0.2) is 4.90 Å². The van der Waals surface area contributed by atoms with Crippen LogP contribution in [0.25, 0.3) is 0 Å². The minimum absolute atomic E-state index is 0.000810. The van der Waals surface area contributed by atoms with Crippen LogP contribution < -0.4 is 18.9 Å². The summed E-state index contributed by atoms with van der Waals surface area (Å²) >= 11 is 0. The summed E-state index contributed by atoms with van der Waals surface area (Å²) in [7, 11) is -0.150. The number of hydrogen-bond donors (Lipinski definition) is 1. The van der Waals surface area contributed by atoms with Crippen LogP contribution in [0, 0.1) is 0 Å². The van der Waals surface area contributed by atoms with E-state index in [-0.39, 0.29) is 23.5 Å². The number of likely N-dealkylation sites (tertiary alicyclic amines) is 1. The molecule has 156 valence electrons. The number of sulfonamides is 1. The predicted molar refractivity (Wildman–Crippen MR) is 105 cm³/mol. The highest BCUT2D eigenvalue weighted by Crippen LogP contribution is 2.51. The van der Waals surface area contributed by atoms with Crippen LogP contribution in [-0.2, 0) is 23.0 Å². The molecule has 0 bridgehead atoms. The van der Waals surface area contributed by atoms with Crippen LogP contribution in [0.3, 0.4) is 0 Å². The van der Waals surface area contributed by atoms with E-state index in [1.165, 1.54) is 0 Å². The topological polar surface area (TPSA) is 80.3 Å². The quantitative estimate of drug-likeness (QED) is 0.753. The van der Waals surface area contributed by atoms with Crippen molar-refractivity contribution in [2.75, 3.05) is 47.1 Å². The number of likely N-dealkylation sites (N-methyl/N-ethyl adjacent to an activating group) is 2. The van der Waals surface area contributed by atoms with Crippen molar-refractivity contribution < 1.29 is 22.6 Å². The lowest BCUT2D eigenvalue weighted by atomic mass is 9.97. The molecule has 9 heteroatoms. The lowest BCUT2D eigenvalue weighted by molar-refractivity contribution is 0.169. The average molecular weight is 412 g/mol. The number of ether oxygens (including phenoxy) is 3. The highest BCUT2D eigenvalue weighted by Gasteiger charge is 2.38. The summed E-state index contributed by atoms with van der Waals surface area (Å²) in [4.78, 5) is 4.70. The molecule has 0 aliphatic carbocycles. The fourth-order valence-electron chi connectivity index (χ4n) is 4.57. The second-order valence-corrected chi connectivity index (χ2v) is 9.35. The molecule has 0 spiro atoms. The van der Waals surface area contributed by atoms with Crippen molar-refractivity contribution in [1.29, 1.82) is 0 Å². The zero-order valence-electron chi connectivity index (χ0n) is 16.8. The first kappa shape index (κ1) is 19.8. The third-order valence-electron chi connectivity index (χ3n) is 6.00. The Morgan fingerprint density at radius 3 is 2.75 bits per heavy atom. The van der Waals surface area contributed by atoms with E-state index in [9.17, 15) is 8.42 Å². The number of hydrogen-bond acceptors (Lipinski definition) is 7. The summed E-state index contributed by atoms with van der Waals surface area (Å²) in [5, 5.41) is 0. The predicted octanol–water partition coefficient (Wildman–Crippen LogP) is 1.17. The van der Waals surface area contributed by atoms with E-state index in [2.05, 4.69) is 21.4 Å². The van der Waals surface area contributed by atoms with E-state index in [1.54, 1.807) is 7.11 Å². The Labute approximate surface area is 166 Å². The SMILES string of the molecule is CCN1CCC[C@@H]1CNS(=O)(=O)c1c2c(c(OC)c3c1OCO3)CN(C)CC2. The van der Waals surface area contributed by atoms with Gasteiger partial charge in [-0.1, -0.05) is 6.92 Å². The summed E-state index contributed by atoms with van der Waals surface area (Å²) in [5.41, 5.74) is 1.65. The number of benzene rings is 1. The van der Waals surface area contributed by atoms with Crippen molar-refractivity contribution in [3.63, 3.8) is 0 Å². The molecule has 1 aromatic rings. The van der Waals surface area contributed by atoms with E-state index in [0.717, 1.165) is 43.6 Å². The molecule has 8 nitrogen and oxygen atoms in total. The Morgan fingerprint density at radius 2 is 2.00 bits per heavy atom. The highest BCUT2D eigenvalue weighted by molar-refractivity contribution is 7.89. The maximum absolute atomic E-state index is 13.4. The molecule has 0 aromatic heterocycles. The summed E-state index contributed by atoms with van der Waals surface area (Å²) in [6, 6.07) is 0.241. The molecule has 1 atom stereocenters. The second-order valence-electron chi connectivity index (χ2n) is 7.65. The van der Waals surface area contributed by atoms with Crippen LogP contribution in [0.4, 0.5) is 0 Å². The van der Waals surface area contributed by atoms with Crippen LogP contribution in [-0.4, -0.2) is 71.4 Å². The van der Waals surface area contributed by atoms with Crippen LogP contribution >= 0.6 is 0 Å². The van der Waals surface area contributed by atoms with Crippen molar-refractivity contribution in [3.05, 3.63) is 11.1 Å². The van der Waals surface area contributed by atoms with E-state index >= 15 is 0 Å². The molecular formula is C19H29N3O5S. The fourth-order valence-corrected chi connectivity index (χ4v) is 6.07. The van der Waals surface area contributed by atoms with Gasteiger partial charge in [-0.2, -0.15) is 0 Å². The van der Waals surface area contributed by atoms with Crippen LogP contribution in [0.5, 0.6) is 17.2 Å². The summed E-state index contributed by atoms with van der Waals surface area (Å²) in [5.74, 6) is 1.26. The largest absolute Gasteiger partial charge is 0.492 e. The van der Waals surface area contributed by atoms with Crippen molar-refractivity contribution in [3.8, 4) is 17.2 Å². The lowest BCUT2D eigenvalue weighted by Crippen LogP contribution is -2.40. The van der Waals surface area contributed by atoms with Gasteiger partial charge in [-0.25, -0.2) is 13.1 Å². The molecule has 0 radical (unpaired) electrons. The van der Waals surface area contributed by atoms with Crippen LogP contribution in [0.2, 0.25) is 0 Å². The van der Waals surface area contributed by atoms with Gasteiger partial charge in [-0.15, -0.1) is 0 Å². The first-order valence-corrected chi connectivity index (χ1v) is 11.4. The van der Waals surface area contributed by atoms with Gasteiger partial charge in [0.25, 0.3) is 0 Å². The number of methoxy groups -OCH3 is 1. The minimum atomic E-state index is -3.74. The highest BCUT2D eigenvalue weighted by atomic mass is 32.2. The normalized spacial score (nSPS) is 22.5. The minimum Gasteiger partial charge on any atom is -0.492 e.